The van der Waals surface area contributed by atoms with E-state index in [9.17, 15) is 0 Å². The van der Waals surface area contributed by atoms with Crippen LogP contribution in [0.4, 0.5) is 0 Å². The van der Waals surface area contributed by atoms with Crippen molar-refractivity contribution in [3.63, 3.8) is 0 Å². The smallest absolute Gasteiger partial charge is 0.173 e. The van der Waals surface area contributed by atoms with Crippen molar-refractivity contribution >= 4 is 11.3 Å². The second-order valence-corrected chi connectivity index (χ2v) is 4.77. The predicted molar refractivity (Wildman–Crippen MR) is 60.2 cm³/mol. The molecule has 0 saturated carbocycles. The van der Waals surface area contributed by atoms with E-state index in [1.165, 1.54) is 23.3 Å². The number of rotatable bonds is 2. The van der Waals surface area contributed by atoms with Crippen molar-refractivity contribution < 1.29 is 4.74 Å². The SMILES string of the molecule is [CH2]c1sc(OC)cc1C1CCNCC1. The van der Waals surface area contributed by atoms with E-state index in [0.29, 0.717) is 5.92 Å². The summed E-state index contributed by atoms with van der Waals surface area (Å²) in [4.78, 5) is 1.17. The lowest BCUT2D eigenvalue weighted by Gasteiger charge is -2.22. The van der Waals surface area contributed by atoms with Gasteiger partial charge in [0.25, 0.3) is 0 Å². The fraction of sp³-hybridized carbons (Fsp3) is 0.545. The molecular formula is C11H16NOS. The summed E-state index contributed by atoms with van der Waals surface area (Å²) in [6.45, 7) is 6.34. The molecule has 3 heteroatoms. The summed E-state index contributed by atoms with van der Waals surface area (Å²) in [5.74, 6) is 0.684. The minimum atomic E-state index is 0.684. The highest BCUT2D eigenvalue weighted by Gasteiger charge is 2.19. The Bertz CT molecular complexity index is 302. The fourth-order valence-electron chi connectivity index (χ4n) is 2.00. The first-order valence-corrected chi connectivity index (χ1v) is 5.83. The van der Waals surface area contributed by atoms with Crippen LogP contribution in [0.15, 0.2) is 6.07 Å². The van der Waals surface area contributed by atoms with Gasteiger partial charge in [-0.15, -0.1) is 11.3 Å². The van der Waals surface area contributed by atoms with E-state index in [0.717, 1.165) is 18.2 Å². The predicted octanol–water partition coefficient (Wildman–Crippen LogP) is 2.41. The van der Waals surface area contributed by atoms with Crippen LogP contribution in [0.5, 0.6) is 5.06 Å². The first kappa shape index (κ1) is 9.99. The van der Waals surface area contributed by atoms with Crippen molar-refractivity contribution in [1.82, 2.24) is 5.32 Å². The fourth-order valence-corrected chi connectivity index (χ4v) is 2.85. The molecule has 1 radical (unpaired) electrons. The number of piperidine rings is 1. The normalized spacial score (nSPS) is 18.4. The van der Waals surface area contributed by atoms with Gasteiger partial charge in [0.2, 0.25) is 0 Å². The molecule has 2 rings (SSSR count). The summed E-state index contributed by atoms with van der Waals surface area (Å²) in [5.41, 5.74) is 1.40. The topological polar surface area (TPSA) is 21.3 Å². The van der Waals surface area contributed by atoms with Crippen molar-refractivity contribution in [2.75, 3.05) is 20.2 Å². The minimum Gasteiger partial charge on any atom is -0.487 e. The molecule has 0 amide bonds. The highest BCUT2D eigenvalue weighted by molar-refractivity contribution is 7.14. The number of hydrogen-bond donors (Lipinski definition) is 1. The molecule has 1 aromatic rings. The van der Waals surface area contributed by atoms with Gasteiger partial charge in [-0.2, -0.15) is 0 Å². The lowest BCUT2D eigenvalue weighted by Crippen LogP contribution is -2.26. The summed E-state index contributed by atoms with van der Waals surface area (Å²) in [7, 11) is 1.72. The average molecular weight is 210 g/mol. The zero-order valence-corrected chi connectivity index (χ0v) is 9.32. The molecule has 1 N–H and O–H groups in total. The molecule has 2 nitrogen and oxygen atoms in total. The third-order valence-electron chi connectivity index (χ3n) is 2.80. The maximum absolute atomic E-state index is 5.23. The molecule has 0 spiro atoms. The Morgan fingerprint density at radius 1 is 1.50 bits per heavy atom. The highest BCUT2D eigenvalue weighted by Crippen LogP contribution is 2.36. The van der Waals surface area contributed by atoms with Gasteiger partial charge in [0.05, 0.1) is 7.11 Å². The third-order valence-corrected chi connectivity index (χ3v) is 3.77. The molecule has 0 unspecified atom stereocenters. The number of ether oxygens (including phenoxy) is 1. The van der Waals surface area contributed by atoms with E-state index in [1.54, 1.807) is 18.4 Å². The van der Waals surface area contributed by atoms with Gasteiger partial charge in [0, 0.05) is 4.88 Å². The molecular weight excluding hydrogens is 194 g/mol. The van der Waals surface area contributed by atoms with Gasteiger partial charge in [-0.25, -0.2) is 0 Å². The van der Waals surface area contributed by atoms with Crippen molar-refractivity contribution in [2.24, 2.45) is 0 Å². The summed E-state index contributed by atoms with van der Waals surface area (Å²) in [6.07, 6.45) is 2.45. The molecule has 0 bridgehead atoms. The molecule has 1 aromatic heterocycles. The highest BCUT2D eigenvalue weighted by atomic mass is 32.1. The van der Waals surface area contributed by atoms with Crippen LogP contribution in [-0.4, -0.2) is 20.2 Å². The van der Waals surface area contributed by atoms with Gasteiger partial charge in [0.1, 0.15) is 0 Å². The van der Waals surface area contributed by atoms with Crippen LogP contribution in [0.3, 0.4) is 0 Å². The Labute approximate surface area is 89.3 Å². The molecule has 2 heterocycles. The molecule has 1 aliphatic rings. The van der Waals surface area contributed by atoms with Crippen LogP contribution < -0.4 is 10.1 Å². The van der Waals surface area contributed by atoms with Crippen molar-refractivity contribution in [2.45, 2.75) is 18.8 Å². The quantitative estimate of drug-likeness (QED) is 0.809. The lowest BCUT2D eigenvalue weighted by atomic mass is 9.91. The molecule has 77 valence electrons. The van der Waals surface area contributed by atoms with Gasteiger partial charge in [-0.3, -0.25) is 0 Å². The second-order valence-electron chi connectivity index (χ2n) is 3.67. The van der Waals surface area contributed by atoms with Crippen LogP contribution in [0.2, 0.25) is 0 Å². The Balaban J connectivity index is 2.17. The third kappa shape index (κ3) is 1.93. The maximum Gasteiger partial charge on any atom is 0.173 e. The average Bonchev–Trinajstić information content (AvgIpc) is 2.61. The van der Waals surface area contributed by atoms with E-state index in [2.05, 4.69) is 18.3 Å². The maximum atomic E-state index is 5.23. The molecule has 1 aliphatic heterocycles. The number of nitrogens with one attached hydrogen (secondary N) is 1. The monoisotopic (exact) mass is 210 g/mol. The number of thiophene rings is 1. The zero-order chi connectivity index (χ0) is 9.97. The standard InChI is InChI=1S/C11H16NOS/c1-8-10(7-11(13-2)14-8)9-3-5-12-6-4-9/h7,9,12H,1,3-6H2,2H3. The van der Waals surface area contributed by atoms with Gasteiger partial charge in [0.15, 0.2) is 5.06 Å². The van der Waals surface area contributed by atoms with E-state index in [-0.39, 0.29) is 0 Å². The molecule has 0 aliphatic carbocycles. The molecule has 0 atom stereocenters. The van der Waals surface area contributed by atoms with Crippen molar-refractivity contribution in [3.8, 4) is 5.06 Å². The summed E-state index contributed by atoms with van der Waals surface area (Å²) >= 11 is 1.65. The summed E-state index contributed by atoms with van der Waals surface area (Å²) in [5, 5.41) is 4.37. The lowest BCUT2D eigenvalue weighted by molar-refractivity contribution is 0.424. The largest absolute Gasteiger partial charge is 0.487 e. The Morgan fingerprint density at radius 3 is 2.79 bits per heavy atom. The first-order chi connectivity index (χ1) is 6.81. The molecule has 1 fully saturated rings. The van der Waals surface area contributed by atoms with Crippen LogP contribution >= 0.6 is 11.3 Å². The van der Waals surface area contributed by atoms with Gasteiger partial charge < -0.3 is 10.1 Å². The van der Waals surface area contributed by atoms with E-state index in [1.807, 2.05) is 0 Å². The van der Waals surface area contributed by atoms with Crippen LogP contribution in [0.25, 0.3) is 0 Å². The second kappa shape index (κ2) is 4.32. The van der Waals surface area contributed by atoms with E-state index in [4.69, 9.17) is 4.74 Å². The summed E-state index contributed by atoms with van der Waals surface area (Å²) < 4.78 is 5.23. The first-order valence-electron chi connectivity index (χ1n) is 5.01. The molecule has 14 heavy (non-hydrogen) atoms. The Hall–Kier alpha value is -0.540. The van der Waals surface area contributed by atoms with Crippen molar-refractivity contribution in [3.05, 3.63) is 23.4 Å². The molecule has 1 saturated heterocycles. The van der Waals surface area contributed by atoms with Gasteiger partial charge in [-0.1, -0.05) is 0 Å². The zero-order valence-electron chi connectivity index (χ0n) is 8.51. The van der Waals surface area contributed by atoms with E-state index < -0.39 is 0 Å². The van der Waals surface area contributed by atoms with E-state index >= 15 is 0 Å². The Kier molecular flexibility index (Phi) is 3.08. The number of methoxy groups -OCH3 is 1. The Morgan fingerprint density at radius 2 is 2.21 bits per heavy atom. The summed E-state index contributed by atoms with van der Waals surface area (Å²) in [6, 6.07) is 2.16. The van der Waals surface area contributed by atoms with Gasteiger partial charge in [-0.05, 0) is 50.4 Å². The van der Waals surface area contributed by atoms with Crippen molar-refractivity contribution in [1.29, 1.82) is 0 Å². The number of hydrogen-bond acceptors (Lipinski definition) is 3. The van der Waals surface area contributed by atoms with Crippen LogP contribution in [-0.2, 0) is 0 Å². The van der Waals surface area contributed by atoms with Crippen LogP contribution in [0.1, 0.15) is 29.2 Å². The van der Waals surface area contributed by atoms with Crippen LogP contribution in [0, 0.1) is 6.92 Å². The van der Waals surface area contributed by atoms with Gasteiger partial charge >= 0.3 is 0 Å². The minimum absolute atomic E-state index is 0.684. The molecule has 0 aromatic carbocycles.